The lowest BCUT2D eigenvalue weighted by molar-refractivity contribution is 0.856. The minimum absolute atomic E-state index is 0.986. The Kier molecular flexibility index (Phi) is 1.50. The third-order valence-electron chi connectivity index (χ3n) is 2.08. The van der Waals surface area contributed by atoms with Crippen molar-refractivity contribution in [1.29, 1.82) is 0 Å². The molecule has 0 aliphatic carbocycles. The Morgan fingerprint density at radius 1 is 1.50 bits per heavy atom. The molecule has 12 heavy (non-hydrogen) atoms. The van der Waals surface area contributed by atoms with Gasteiger partial charge >= 0.3 is 0 Å². The van der Waals surface area contributed by atoms with Crippen LogP contribution in [0.5, 0.6) is 0 Å². The van der Waals surface area contributed by atoms with Gasteiger partial charge in [-0.2, -0.15) is 9.89 Å². The molecular formula is C9H11N3. The lowest BCUT2D eigenvalue weighted by Crippen LogP contribution is -2.10. The van der Waals surface area contributed by atoms with Gasteiger partial charge in [-0.1, -0.05) is 25.1 Å². The molecule has 1 aromatic heterocycles. The van der Waals surface area contributed by atoms with Crippen molar-refractivity contribution in [3.8, 4) is 0 Å². The van der Waals surface area contributed by atoms with Gasteiger partial charge in [0.15, 0.2) is 0 Å². The second-order valence-electron chi connectivity index (χ2n) is 2.80. The average molecular weight is 161 g/mol. The number of aryl methyl sites for hydroxylation is 1. The van der Waals surface area contributed by atoms with Crippen molar-refractivity contribution >= 4 is 10.9 Å². The fourth-order valence-electron chi connectivity index (χ4n) is 1.46. The second kappa shape index (κ2) is 2.52. The van der Waals surface area contributed by atoms with Crippen molar-refractivity contribution in [3.05, 3.63) is 30.0 Å². The zero-order valence-corrected chi connectivity index (χ0v) is 6.99. The number of rotatable bonds is 1. The Labute approximate surface area is 70.8 Å². The van der Waals surface area contributed by atoms with Crippen molar-refractivity contribution in [2.75, 3.05) is 5.84 Å². The molecule has 0 fully saturated rings. The van der Waals surface area contributed by atoms with Crippen LogP contribution in [0.15, 0.2) is 24.4 Å². The molecule has 0 amide bonds. The normalized spacial score (nSPS) is 10.8. The van der Waals surface area contributed by atoms with Gasteiger partial charge < -0.3 is 5.84 Å². The number of nitrogens with two attached hydrogens (primary N) is 1. The van der Waals surface area contributed by atoms with E-state index in [1.165, 1.54) is 10.4 Å². The number of nitrogens with zero attached hydrogens (tertiary/aromatic N) is 2. The molecule has 3 heteroatoms. The molecule has 0 unspecified atom stereocenters. The summed E-state index contributed by atoms with van der Waals surface area (Å²) in [4.78, 5) is 1.44. The molecule has 0 aliphatic rings. The van der Waals surface area contributed by atoms with E-state index in [4.69, 9.17) is 5.84 Å². The van der Waals surface area contributed by atoms with E-state index >= 15 is 0 Å². The minimum Gasteiger partial charge on any atom is -0.323 e. The number of nitrogen functional groups attached to an aromatic ring is 1. The molecule has 3 nitrogen and oxygen atoms in total. The first-order valence-corrected chi connectivity index (χ1v) is 4.03. The Bertz CT molecular complexity index is 403. The van der Waals surface area contributed by atoms with E-state index in [-0.39, 0.29) is 0 Å². The number of benzene rings is 1. The highest BCUT2D eigenvalue weighted by atomic mass is 15.5. The third-order valence-corrected chi connectivity index (χ3v) is 2.08. The molecule has 0 saturated carbocycles. The predicted octanol–water partition coefficient (Wildman–Crippen LogP) is 1.31. The first-order chi connectivity index (χ1) is 5.83. The molecule has 0 spiro atoms. The smallest absolute Gasteiger partial charge is 0.0947 e. The molecule has 2 aromatic rings. The summed E-state index contributed by atoms with van der Waals surface area (Å²) in [5, 5.41) is 5.11. The molecule has 2 N–H and O–H groups in total. The van der Waals surface area contributed by atoms with Gasteiger partial charge in [0.05, 0.1) is 11.7 Å². The third kappa shape index (κ3) is 0.863. The van der Waals surface area contributed by atoms with E-state index in [2.05, 4.69) is 18.1 Å². The largest absolute Gasteiger partial charge is 0.323 e. The summed E-state index contributed by atoms with van der Waals surface area (Å²) in [5.74, 6) is 5.66. The molecule has 0 bridgehead atoms. The lowest BCUT2D eigenvalue weighted by atomic mass is 10.1. The van der Waals surface area contributed by atoms with E-state index in [9.17, 15) is 0 Å². The van der Waals surface area contributed by atoms with Gasteiger partial charge in [0.25, 0.3) is 0 Å². The van der Waals surface area contributed by atoms with Crippen molar-refractivity contribution in [1.82, 2.24) is 9.89 Å². The van der Waals surface area contributed by atoms with Gasteiger partial charge in [0.1, 0.15) is 0 Å². The van der Waals surface area contributed by atoms with Crippen LogP contribution in [0.25, 0.3) is 10.9 Å². The molecule has 0 atom stereocenters. The lowest BCUT2D eigenvalue weighted by Gasteiger charge is -2.00. The molecule has 1 aromatic carbocycles. The van der Waals surface area contributed by atoms with Gasteiger partial charge in [-0.25, -0.2) is 0 Å². The highest BCUT2D eigenvalue weighted by molar-refractivity contribution is 5.81. The summed E-state index contributed by atoms with van der Waals surface area (Å²) >= 11 is 0. The fraction of sp³-hybridized carbons (Fsp3) is 0.222. The summed E-state index contributed by atoms with van der Waals surface area (Å²) in [5.41, 5.74) is 2.28. The van der Waals surface area contributed by atoms with E-state index in [0.29, 0.717) is 0 Å². The molecule has 0 radical (unpaired) electrons. The SMILES string of the molecule is CCc1cccc2cnn(N)c12. The molecule has 0 saturated heterocycles. The van der Waals surface area contributed by atoms with Crippen LogP contribution in [0.3, 0.4) is 0 Å². The van der Waals surface area contributed by atoms with E-state index < -0.39 is 0 Å². The zero-order valence-electron chi connectivity index (χ0n) is 6.99. The first-order valence-electron chi connectivity index (χ1n) is 4.03. The molecule has 62 valence electrons. The van der Waals surface area contributed by atoms with Crippen molar-refractivity contribution in [2.24, 2.45) is 0 Å². The number of fused-ring (bicyclic) bond motifs is 1. The van der Waals surface area contributed by atoms with Crippen molar-refractivity contribution in [3.63, 3.8) is 0 Å². The van der Waals surface area contributed by atoms with Crippen LogP contribution < -0.4 is 5.84 Å². The van der Waals surface area contributed by atoms with Crippen LogP contribution in [0.1, 0.15) is 12.5 Å². The monoisotopic (exact) mass is 161 g/mol. The standard InChI is InChI=1S/C9H11N3/c1-2-7-4-3-5-8-6-11-12(10)9(7)8/h3-6H,2,10H2,1H3. The van der Waals surface area contributed by atoms with Crippen LogP contribution in [-0.2, 0) is 6.42 Å². The van der Waals surface area contributed by atoms with Crippen LogP contribution in [0.2, 0.25) is 0 Å². The topological polar surface area (TPSA) is 43.8 Å². The Morgan fingerprint density at radius 3 is 3.08 bits per heavy atom. The highest BCUT2D eigenvalue weighted by Crippen LogP contribution is 2.16. The molecule has 2 rings (SSSR count). The minimum atomic E-state index is 0.986. The molecular weight excluding hydrogens is 150 g/mol. The predicted molar refractivity (Wildman–Crippen MR) is 49.3 cm³/mol. The van der Waals surface area contributed by atoms with Crippen molar-refractivity contribution in [2.45, 2.75) is 13.3 Å². The maximum absolute atomic E-state index is 5.66. The Morgan fingerprint density at radius 2 is 2.33 bits per heavy atom. The van der Waals surface area contributed by atoms with Crippen LogP contribution in [0.4, 0.5) is 0 Å². The first kappa shape index (κ1) is 7.16. The van der Waals surface area contributed by atoms with Gasteiger partial charge in [-0.05, 0) is 12.0 Å². The number of para-hydroxylation sites is 1. The number of hydrogen-bond acceptors (Lipinski definition) is 2. The molecule has 0 aliphatic heterocycles. The van der Waals surface area contributed by atoms with E-state index in [1.807, 2.05) is 12.1 Å². The summed E-state index contributed by atoms with van der Waals surface area (Å²) < 4.78 is 0. The summed E-state index contributed by atoms with van der Waals surface area (Å²) in [7, 11) is 0. The summed E-state index contributed by atoms with van der Waals surface area (Å²) in [6.45, 7) is 2.11. The van der Waals surface area contributed by atoms with Gasteiger partial charge in [-0.3, -0.25) is 0 Å². The van der Waals surface area contributed by atoms with E-state index in [0.717, 1.165) is 17.3 Å². The second-order valence-corrected chi connectivity index (χ2v) is 2.80. The summed E-state index contributed by atoms with van der Waals surface area (Å²) in [6.07, 6.45) is 2.77. The van der Waals surface area contributed by atoms with Gasteiger partial charge in [-0.15, -0.1) is 0 Å². The maximum Gasteiger partial charge on any atom is 0.0947 e. The summed E-state index contributed by atoms with van der Waals surface area (Å²) in [6, 6.07) is 6.13. The van der Waals surface area contributed by atoms with Gasteiger partial charge in [0, 0.05) is 5.39 Å². The number of aromatic nitrogens is 2. The van der Waals surface area contributed by atoms with Crippen LogP contribution in [-0.4, -0.2) is 9.89 Å². The molecule has 1 heterocycles. The Balaban J connectivity index is 2.84. The van der Waals surface area contributed by atoms with Crippen LogP contribution in [0, 0.1) is 0 Å². The Hall–Kier alpha value is -1.51. The van der Waals surface area contributed by atoms with Gasteiger partial charge in [0.2, 0.25) is 0 Å². The van der Waals surface area contributed by atoms with Crippen molar-refractivity contribution < 1.29 is 0 Å². The number of hydrogen-bond donors (Lipinski definition) is 1. The maximum atomic E-state index is 5.66. The van der Waals surface area contributed by atoms with Crippen LogP contribution >= 0.6 is 0 Å². The quantitative estimate of drug-likeness (QED) is 0.641. The highest BCUT2D eigenvalue weighted by Gasteiger charge is 2.03. The van der Waals surface area contributed by atoms with E-state index in [1.54, 1.807) is 6.20 Å². The fourth-order valence-corrected chi connectivity index (χ4v) is 1.46. The average Bonchev–Trinajstić information content (AvgIpc) is 2.48. The zero-order chi connectivity index (χ0) is 8.55.